The Morgan fingerprint density at radius 2 is 1.83 bits per heavy atom. The fourth-order valence-electron chi connectivity index (χ4n) is 2.64. The van der Waals surface area contributed by atoms with Gasteiger partial charge in [0.1, 0.15) is 0 Å². The van der Waals surface area contributed by atoms with Crippen molar-refractivity contribution in [2.24, 2.45) is 5.73 Å². The van der Waals surface area contributed by atoms with Gasteiger partial charge in [-0.15, -0.1) is 0 Å². The maximum absolute atomic E-state index is 12.0. The summed E-state index contributed by atoms with van der Waals surface area (Å²) in [5, 5.41) is 0. The summed E-state index contributed by atoms with van der Waals surface area (Å²) in [4.78, 5) is 12.0. The second-order valence-corrected chi connectivity index (χ2v) is 5.96. The minimum atomic E-state index is -0.164. The Balaban J connectivity index is 2.27. The molecule has 130 valence electrons. The first-order valence-corrected chi connectivity index (χ1v) is 8.65. The van der Waals surface area contributed by atoms with Gasteiger partial charge in [0.25, 0.3) is 0 Å². The average Bonchev–Trinajstić information content (AvgIpc) is 2.58. The standard InChI is InChI=1S/C19H31NO3/c1-3-14-23-15-17(20)12-8-5-9-13-18(19(21)22-2)16-10-6-4-7-11-16/h4,6-7,10-11,17-18H,3,5,8-9,12-15,20H2,1-2H3. The van der Waals surface area contributed by atoms with Crippen LogP contribution in [0.1, 0.15) is 56.9 Å². The highest BCUT2D eigenvalue weighted by atomic mass is 16.5. The van der Waals surface area contributed by atoms with Gasteiger partial charge in [-0.1, -0.05) is 56.5 Å². The molecule has 1 aromatic carbocycles. The lowest BCUT2D eigenvalue weighted by molar-refractivity contribution is -0.142. The van der Waals surface area contributed by atoms with E-state index >= 15 is 0 Å². The molecule has 2 N–H and O–H groups in total. The molecule has 0 heterocycles. The SMILES string of the molecule is CCCOCC(N)CCCCCC(C(=O)OC)c1ccccc1. The maximum atomic E-state index is 12.0. The van der Waals surface area contributed by atoms with Gasteiger partial charge < -0.3 is 15.2 Å². The zero-order chi connectivity index (χ0) is 16.9. The van der Waals surface area contributed by atoms with Crippen molar-refractivity contribution in [1.29, 1.82) is 0 Å². The van der Waals surface area contributed by atoms with E-state index in [-0.39, 0.29) is 17.9 Å². The lowest BCUT2D eigenvalue weighted by Gasteiger charge is -2.15. The number of esters is 1. The molecule has 1 aromatic rings. The van der Waals surface area contributed by atoms with Crippen molar-refractivity contribution < 1.29 is 14.3 Å². The first-order valence-electron chi connectivity index (χ1n) is 8.65. The molecule has 0 aliphatic carbocycles. The summed E-state index contributed by atoms with van der Waals surface area (Å²) in [5.41, 5.74) is 7.05. The van der Waals surface area contributed by atoms with Crippen LogP contribution in [0.2, 0.25) is 0 Å². The summed E-state index contributed by atoms with van der Waals surface area (Å²) in [5.74, 6) is -0.316. The van der Waals surface area contributed by atoms with Gasteiger partial charge in [0.15, 0.2) is 0 Å². The number of methoxy groups -OCH3 is 1. The Morgan fingerprint density at radius 1 is 1.13 bits per heavy atom. The molecule has 4 nitrogen and oxygen atoms in total. The fraction of sp³-hybridized carbons (Fsp3) is 0.632. The molecular formula is C19H31NO3. The Bertz CT molecular complexity index is 422. The molecule has 0 saturated heterocycles. The predicted molar refractivity (Wildman–Crippen MR) is 93.4 cm³/mol. The molecule has 23 heavy (non-hydrogen) atoms. The lowest BCUT2D eigenvalue weighted by atomic mass is 9.93. The number of hydrogen-bond acceptors (Lipinski definition) is 4. The van der Waals surface area contributed by atoms with E-state index in [1.807, 2.05) is 30.3 Å². The van der Waals surface area contributed by atoms with Crippen molar-refractivity contribution in [2.45, 2.75) is 57.4 Å². The number of benzene rings is 1. The van der Waals surface area contributed by atoms with E-state index < -0.39 is 0 Å². The van der Waals surface area contributed by atoms with Crippen LogP contribution in [0.3, 0.4) is 0 Å². The Morgan fingerprint density at radius 3 is 2.48 bits per heavy atom. The van der Waals surface area contributed by atoms with Crippen molar-refractivity contribution in [1.82, 2.24) is 0 Å². The molecule has 2 unspecified atom stereocenters. The van der Waals surface area contributed by atoms with Gasteiger partial charge >= 0.3 is 5.97 Å². The van der Waals surface area contributed by atoms with Gasteiger partial charge in [-0.2, -0.15) is 0 Å². The topological polar surface area (TPSA) is 61.5 Å². The minimum absolute atomic E-state index is 0.118. The number of rotatable bonds is 12. The third kappa shape index (κ3) is 8.14. The van der Waals surface area contributed by atoms with E-state index in [1.54, 1.807) is 0 Å². The van der Waals surface area contributed by atoms with Crippen LogP contribution in [0.5, 0.6) is 0 Å². The third-order valence-corrected chi connectivity index (χ3v) is 3.94. The molecule has 0 radical (unpaired) electrons. The van der Waals surface area contributed by atoms with E-state index in [0.29, 0.717) is 6.61 Å². The predicted octanol–water partition coefficient (Wildman–Crippen LogP) is 3.65. The Hall–Kier alpha value is -1.39. The number of carbonyl (C=O) groups is 1. The molecule has 4 heteroatoms. The van der Waals surface area contributed by atoms with Crippen LogP contribution < -0.4 is 5.73 Å². The monoisotopic (exact) mass is 321 g/mol. The van der Waals surface area contributed by atoms with Crippen molar-refractivity contribution in [3.63, 3.8) is 0 Å². The van der Waals surface area contributed by atoms with Gasteiger partial charge in [-0.05, 0) is 24.8 Å². The van der Waals surface area contributed by atoms with Gasteiger partial charge in [0.2, 0.25) is 0 Å². The normalized spacial score (nSPS) is 13.5. The molecule has 0 spiro atoms. The van der Waals surface area contributed by atoms with E-state index in [9.17, 15) is 4.79 Å². The van der Waals surface area contributed by atoms with Crippen molar-refractivity contribution in [3.8, 4) is 0 Å². The van der Waals surface area contributed by atoms with Crippen molar-refractivity contribution >= 4 is 5.97 Å². The first-order chi connectivity index (χ1) is 11.2. The van der Waals surface area contributed by atoms with Crippen LogP contribution in [-0.2, 0) is 14.3 Å². The van der Waals surface area contributed by atoms with Crippen LogP contribution in [0.4, 0.5) is 0 Å². The Labute approximate surface area is 140 Å². The van der Waals surface area contributed by atoms with E-state index in [4.69, 9.17) is 15.2 Å². The minimum Gasteiger partial charge on any atom is -0.469 e. The highest BCUT2D eigenvalue weighted by Gasteiger charge is 2.20. The number of carbonyl (C=O) groups excluding carboxylic acids is 1. The summed E-state index contributed by atoms with van der Waals surface area (Å²) >= 11 is 0. The first kappa shape index (κ1) is 19.7. The molecule has 0 amide bonds. The molecule has 2 atom stereocenters. The largest absolute Gasteiger partial charge is 0.469 e. The van der Waals surface area contributed by atoms with Gasteiger partial charge in [0.05, 0.1) is 19.6 Å². The molecule has 0 aliphatic heterocycles. The summed E-state index contributed by atoms with van der Waals surface area (Å²) in [6.07, 6.45) is 5.95. The molecule has 1 rings (SSSR count). The summed E-state index contributed by atoms with van der Waals surface area (Å²) in [6.45, 7) is 3.52. The summed E-state index contributed by atoms with van der Waals surface area (Å²) < 4.78 is 10.4. The average molecular weight is 321 g/mol. The van der Waals surface area contributed by atoms with E-state index in [1.165, 1.54) is 7.11 Å². The highest BCUT2D eigenvalue weighted by molar-refractivity contribution is 5.77. The number of hydrogen-bond donors (Lipinski definition) is 1. The van der Waals surface area contributed by atoms with E-state index in [0.717, 1.165) is 50.7 Å². The van der Waals surface area contributed by atoms with Crippen LogP contribution in [-0.4, -0.2) is 32.3 Å². The van der Waals surface area contributed by atoms with Gasteiger partial charge in [-0.25, -0.2) is 0 Å². The van der Waals surface area contributed by atoms with Crippen molar-refractivity contribution in [2.75, 3.05) is 20.3 Å². The van der Waals surface area contributed by atoms with Crippen LogP contribution in [0, 0.1) is 0 Å². The second-order valence-electron chi connectivity index (χ2n) is 5.96. The molecule has 0 aliphatic rings. The molecule has 0 bridgehead atoms. The number of unbranched alkanes of at least 4 members (excludes halogenated alkanes) is 2. The van der Waals surface area contributed by atoms with Crippen LogP contribution >= 0.6 is 0 Å². The number of nitrogens with two attached hydrogens (primary N) is 1. The molecular weight excluding hydrogens is 290 g/mol. The smallest absolute Gasteiger partial charge is 0.313 e. The van der Waals surface area contributed by atoms with E-state index in [2.05, 4.69) is 6.92 Å². The molecule has 0 aromatic heterocycles. The van der Waals surface area contributed by atoms with Crippen LogP contribution in [0.25, 0.3) is 0 Å². The van der Waals surface area contributed by atoms with Crippen molar-refractivity contribution in [3.05, 3.63) is 35.9 Å². The third-order valence-electron chi connectivity index (χ3n) is 3.94. The zero-order valence-corrected chi connectivity index (χ0v) is 14.5. The zero-order valence-electron chi connectivity index (χ0n) is 14.5. The molecule has 0 fully saturated rings. The van der Waals surface area contributed by atoms with Gasteiger partial charge in [-0.3, -0.25) is 4.79 Å². The maximum Gasteiger partial charge on any atom is 0.313 e. The fourth-order valence-corrected chi connectivity index (χ4v) is 2.64. The van der Waals surface area contributed by atoms with Gasteiger partial charge in [0, 0.05) is 12.6 Å². The quantitative estimate of drug-likeness (QED) is 0.471. The lowest BCUT2D eigenvalue weighted by Crippen LogP contribution is -2.26. The van der Waals surface area contributed by atoms with Crippen LogP contribution in [0.15, 0.2) is 30.3 Å². The highest BCUT2D eigenvalue weighted by Crippen LogP contribution is 2.24. The summed E-state index contributed by atoms with van der Waals surface area (Å²) in [6, 6.07) is 9.97. The summed E-state index contributed by atoms with van der Waals surface area (Å²) in [7, 11) is 1.45. The second kappa shape index (κ2) is 12.1. The number of ether oxygens (including phenoxy) is 2. The molecule has 0 saturated carbocycles. The Kier molecular flexibility index (Phi) is 10.3.